The van der Waals surface area contributed by atoms with Crippen LogP contribution < -0.4 is 5.32 Å². The number of likely N-dealkylation sites (N-methyl/N-ethyl adjacent to an activating group) is 1. The van der Waals surface area contributed by atoms with Crippen LogP contribution in [0.25, 0.3) is 0 Å². The van der Waals surface area contributed by atoms with Crippen LogP contribution in [0.5, 0.6) is 0 Å². The molecular formula is C9H18N2O. The van der Waals surface area contributed by atoms with Crippen LogP contribution in [0, 0.1) is 5.92 Å². The minimum absolute atomic E-state index is 0.121. The number of hydrogen-bond donors (Lipinski definition) is 1. The Morgan fingerprint density at radius 3 is 2.67 bits per heavy atom. The van der Waals surface area contributed by atoms with E-state index in [9.17, 15) is 4.79 Å². The Morgan fingerprint density at radius 2 is 2.25 bits per heavy atom. The van der Waals surface area contributed by atoms with Gasteiger partial charge in [0.05, 0.1) is 0 Å². The molecule has 1 atom stereocenters. The molecule has 1 amide bonds. The molecule has 3 nitrogen and oxygen atoms in total. The molecule has 0 radical (unpaired) electrons. The first-order chi connectivity index (χ1) is 5.63. The van der Waals surface area contributed by atoms with E-state index in [2.05, 4.69) is 5.32 Å². The maximum Gasteiger partial charge on any atom is 0.225 e. The van der Waals surface area contributed by atoms with Gasteiger partial charge in [-0.25, -0.2) is 0 Å². The van der Waals surface area contributed by atoms with Crippen molar-refractivity contribution in [2.75, 3.05) is 20.1 Å². The Kier molecular flexibility index (Phi) is 3.09. The molecular weight excluding hydrogens is 152 g/mol. The number of carbonyl (C=O) groups excluding carboxylic acids is 1. The van der Waals surface area contributed by atoms with Crippen molar-refractivity contribution in [2.24, 2.45) is 5.92 Å². The van der Waals surface area contributed by atoms with Gasteiger partial charge in [0, 0.05) is 25.6 Å². The van der Waals surface area contributed by atoms with Crippen LogP contribution in [0.2, 0.25) is 0 Å². The standard InChI is InChI=1S/C9H18N2O/c1-7(2)9(12)11(3)8-4-5-10-6-8/h7-8,10H,4-6H2,1-3H3/t8-/m0/s1. The summed E-state index contributed by atoms with van der Waals surface area (Å²) in [6, 6.07) is 0.417. The van der Waals surface area contributed by atoms with E-state index in [1.165, 1.54) is 0 Å². The molecule has 0 aromatic carbocycles. The third-order valence-electron chi connectivity index (χ3n) is 2.42. The Bertz CT molecular complexity index is 162. The fraction of sp³-hybridized carbons (Fsp3) is 0.889. The zero-order valence-corrected chi connectivity index (χ0v) is 8.13. The highest BCUT2D eigenvalue weighted by Gasteiger charge is 2.24. The Labute approximate surface area is 74.1 Å². The van der Waals surface area contributed by atoms with Gasteiger partial charge >= 0.3 is 0 Å². The minimum Gasteiger partial charge on any atom is -0.341 e. The summed E-state index contributed by atoms with van der Waals surface area (Å²) in [5.41, 5.74) is 0. The molecule has 0 aromatic heterocycles. The number of hydrogen-bond acceptors (Lipinski definition) is 2. The summed E-state index contributed by atoms with van der Waals surface area (Å²) in [7, 11) is 1.90. The van der Waals surface area contributed by atoms with Crippen molar-refractivity contribution in [3.63, 3.8) is 0 Å². The number of rotatable bonds is 2. The van der Waals surface area contributed by atoms with Crippen molar-refractivity contribution in [3.05, 3.63) is 0 Å². The Morgan fingerprint density at radius 1 is 1.58 bits per heavy atom. The lowest BCUT2D eigenvalue weighted by molar-refractivity contribution is -0.134. The molecule has 0 saturated carbocycles. The highest BCUT2D eigenvalue weighted by molar-refractivity contribution is 5.78. The van der Waals surface area contributed by atoms with Gasteiger partial charge in [-0.05, 0) is 13.0 Å². The zero-order valence-electron chi connectivity index (χ0n) is 8.13. The summed E-state index contributed by atoms with van der Waals surface area (Å²) in [5.74, 6) is 0.374. The van der Waals surface area contributed by atoms with Gasteiger partial charge in [0.25, 0.3) is 0 Å². The topological polar surface area (TPSA) is 32.3 Å². The van der Waals surface area contributed by atoms with Gasteiger partial charge < -0.3 is 10.2 Å². The third kappa shape index (κ3) is 1.97. The lowest BCUT2D eigenvalue weighted by Crippen LogP contribution is -2.40. The monoisotopic (exact) mass is 170 g/mol. The van der Waals surface area contributed by atoms with Gasteiger partial charge in [-0.3, -0.25) is 4.79 Å². The van der Waals surface area contributed by atoms with Gasteiger partial charge in [-0.15, -0.1) is 0 Å². The first-order valence-corrected chi connectivity index (χ1v) is 4.60. The molecule has 0 spiro atoms. The van der Waals surface area contributed by atoms with E-state index in [1.807, 2.05) is 25.8 Å². The number of carbonyl (C=O) groups is 1. The summed E-state index contributed by atoms with van der Waals surface area (Å²) >= 11 is 0. The van der Waals surface area contributed by atoms with Gasteiger partial charge in [0.1, 0.15) is 0 Å². The van der Waals surface area contributed by atoms with Crippen LogP contribution >= 0.6 is 0 Å². The lowest BCUT2D eigenvalue weighted by atomic mass is 10.1. The fourth-order valence-electron chi connectivity index (χ4n) is 1.56. The van der Waals surface area contributed by atoms with Crippen LogP contribution in [0.3, 0.4) is 0 Å². The van der Waals surface area contributed by atoms with E-state index in [4.69, 9.17) is 0 Å². The second-order valence-corrected chi connectivity index (χ2v) is 3.75. The quantitative estimate of drug-likeness (QED) is 0.653. The zero-order chi connectivity index (χ0) is 9.14. The molecule has 1 saturated heterocycles. The highest BCUT2D eigenvalue weighted by atomic mass is 16.2. The maximum absolute atomic E-state index is 11.5. The molecule has 0 bridgehead atoms. The van der Waals surface area contributed by atoms with Crippen molar-refractivity contribution >= 4 is 5.91 Å². The second-order valence-electron chi connectivity index (χ2n) is 3.75. The van der Waals surface area contributed by atoms with Gasteiger partial charge in [0.15, 0.2) is 0 Å². The number of amides is 1. The molecule has 1 rings (SSSR count). The van der Waals surface area contributed by atoms with Crippen molar-refractivity contribution in [3.8, 4) is 0 Å². The first kappa shape index (κ1) is 9.52. The van der Waals surface area contributed by atoms with Gasteiger partial charge in [-0.1, -0.05) is 13.8 Å². The summed E-state index contributed by atoms with van der Waals surface area (Å²) in [6.45, 7) is 5.89. The molecule has 70 valence electrons. The number of nitrogens with one attached hydrogen (secondary N) is 1. The normalized spacial score (nSPS) is 23.2. The predicted octanol–water partition coefficient (Wildman–Crippen LogP) is 0.463. The van der Waals surface area contributed by atoms with E-state index < -0.39 is 0 Å². The number of nitrogens with zero attached hydrogens (tertiary/aromatic N) is 1. The third-order valence-corrected chi connectivity index (χ3v) is 2.42. The summed E-state index contributed by atoms with van der Waals surface area (Å²) in [5, 5.41) is 3.25. The summed E-state index contributed by atoms with van der Waals surface area (Å²) in [6.07, 6.45) is 1.09. The van der Waals surface area contributed by atoms with Crippen LogP contribution in [0.1, 0.15) is 20.3 Å². The lowest BCUT2D eigenvalue weighted by Gasteiger charge is -2.25. The van der Waals surface area contributed by atoms with Crippen LogP contribution in [-0.4, -0.2) is 37.0 Å². The minimum atomic E-state index is 0.121. The average molecular weight is 170 g/mol. The van der Waals surface area contributed by atoms with Crippen molar-refractivity contribution in [1.82, 2.24) is 10.2 Å². The van der Waals surface area contributed by atoms with Gasteiger partial charge in [0.2, 0.25) is 5.91 Å². The highest BCUT2D eigenvalue weighted by Crippen LogP contribution is 2.09. The van der Waals surface area contributed by atoms with Crippen molar-refractivity contribution in [2.45, 2.75) is 26.3 Å². The average Bonchev–Trinajstić information content (AvgIpc) is 2.53. The molecule has 1 heterocycles. The fourth-order valence-corrected chi connectivity index (χ4v) is 1.56. The molecule has 1 N–H and O–H groups in total. The summed E-state index contributed by atoms with van der Waals surface area (Å²) < 4.78 is 0. The Hall–Kier alpha value is -0.570. The molecule has 0 unspecified atom stereocenters. The molecule has 1 fully saturated rings. The van der Waals surface area contributed by atoms with Crippen LogP contribution in [0.4, 0.5) is 0 Å². The molecule has 0 aliphatic carbocycles. The van der Waals surface area contributed by atoms with Crippen molar-refractivity contribution < 1.29 is 4.79 Å². The first-order valence-electron chi connectivity index (χ1n) is 4.60. The van der Waals surface area contributed by atoms with E-state index in [-0.39, 0.29) is 11.8 Å². The molecule has 1 aliphatic rings. The van der Waals surface area contributed by atoms with E-state index in [1.54, 1.807) is 0 Å². The largest absolute Gasteiger partial charge is 0.341 e. The molecule has 0 aromatic rings. The van der Waals surface area contributed by atoms with Gasteiger partial charge in [-0.2, -0.15) is 0 Å². The van der Waals surface area contributed by atoms with E-state index >= 15 is 0 Å². The van der Waals surface area contributed by atoms with E-state index in [0.717, 1.165) is 19.5 Å². The van der Waals surface area contributed by atoms with E-state index in [0.29, 0.717) is 6.04 Å². The molecule has 1 aliphatic heterocycles. The Balaban J connectivity index is 2.45. The SMILES string of the molecule is CC(C)C(=O)N(C)[C@H]1CCNC1. The van der Waals surface area contributed by atoms with Crippen LogP contribution in [0.15, 0.2) is 0 Å². The van der Waals surface area contributed by atoms with Crippen molar-refractivity contribution in [1.29, 1.82) is 0 Å². The molecule has 3 heteroatoms. The second kappa shape index (κ2) is 3.90. The smallest absolute Gasteiger partial charge is 0.225 e. The maximum atomic E-state index is 11.5. The summed E-state index contributed by atoms with van der Waals surface area (Å²) in [4.78, 5) is 13.4. The van der Waals surface area contributed by atoms with Crippen LogP contribution in [-0.2, 0) is 4.79 Å². The molecule has 12 heavy (non-hydrogen) atoms. The predicted molar refractivity (Wildman–Crippen MR) is 48.9 cm³/mol.